The van der Waals surface area contributed by atoms with Gasteiger partial charge in [0.25, 0.3) is 0 Å². The molecular formula is C12H13N3O2S. The van der Waals surface area contributed by atoms with E-state index in [2.05, 4.69) is 4.72 Å². The summed E-state index contributed by atoms with van der Waals surface area (Å²) in [4.78, 5) is -0.0741. The summed E-state index contributed by atoms with van der Waals surface area (Å²) in [5, 5.41) is 17.9. The van der Waals surface area contributed by atoms with Crippen molar-refractivity contribution >= 4 is 10.0 Å². The molecule has 0 aliphatic rings. The molecule has 0 spiro atoms. The Balaban J connectivity index is 3.41. The lowest BCUT2D eigenvalue weighted by Crippen LogP contribution is -2.25. The van der Waals surface area contributed by atoms with E-state index in [0.717, 1.165) is 0 Å². The van der Waals surface area contributed by atoms with Crippen LogP contribution < -0.4 is 4.72 Å². The van der Waals surface area contributed by atoms with Gasteiger partial charge in [-0.25, -0.2) is 13.1 Å². The Morgan fingerprint density at radius 2 is 1.94 bits per heavy atom. The Kier molecular flexibility index (Phi) is 4.43. The number of rotatable bonds is 4. The lowest BCUT2D eigenvalue weighted by Gasteiger charge is -2.09. The molecule has 0 aliphatic carbocycles. The molecule has 1 N–H and O–H groups in total. The average Bonchev–Trinajstić information content (AvgIpc) is 2.36. The van der Waals surface area contributed by atoms with Crippen molar-refractivity contribution < 1.29 is 8.42 Å². The number of nitrogens with zero attached hydrogens (tertiary/aromatic N) is 2. The maximum atomic E-state index is 12.0. The second-order valence-electron chi connectivity index (χ2n) is 3.73. The van der Waals surface area contributed by atoms with Crippen LogP contribution in [0.2, 0.25) is 0 Å². The third-order valence-electron chi connectivity index (χ3n) is 2.49. The molecule has 0 radical (unpaired) electrons. The van der Waals surface area contributed by atoms with E-state index >= 15 is 0 Å². The molecule has 6 heteroatoms. The highest BCUT2D eigenvalue weighted by molar-refractivity contribution is 7.89. The summed E-state index contributed by atoms with van der Waals surface area (Å²) in [7, 11) is -3.69. The van der Waals surface area contributed by atoms with Crippen LogP contribution in [0, 0.1) is 29.6 Å². The van der Waals surface area contributed by atoms with Crippen molar-refractivity contribution in [1.29, 1.82) is 10.5 Å². The van der Waals surface area contributed by atoms with Crippen LogP contribution in [0.5, 0.6) is 0 Å². The fourth-order valence-electron chi connectivity index (χ4n) is 1.49. The van der Waals surface area contributed by atoms with E-state index in [9.17, 15) is 8.42 Å². The molecule has 94 valence electrons. The summed E-state index contributed by atoms with van der Waals surface area (Å²) in [5.74, 6) is 0. The van der Waals surface area contributed by atoms with Crippen molar-refractivity contribution in [3.05, 3.63) is 28.8 Å². The Morgan fingerprint density at radius 1 is 1.28 bits per heavy atom. The quantitative estimate of drug-likeness (QED) is 0.889. The number of sulfonamides is 1. The Bertz CT molecular complexity index is 637. The number of nitrogens with one attached hydrogen (secondary N) is 1. The molecule has 1 rings (SSSR count). The van der Waals surface area contributed by atoms with Crippen LogP contribution in [0.25, 0.3) is 0 Å². The molecule has 0 atom stereocenters. The molecular weight excluding hydrogens is 250 g/mol. The predicted molar refractivity (Wildman–Crippen MR) is 66.1 cm³/mol. The first-order chi connectivity index (χ1) is 8.47. The summed E-state index contributed by atoms with van der Waals surface area (Å²) in [6.45, 7) is 3.72. The molecule has 0 saturated carbocycles. The number of nitriles is 2. The number of benzene rings is 1. The van der Waals surface area contributed by atoms with E-state index in [1.807, 2.05) is 19.1 Å². The molecule has 1 aromatic rings. The van der Waals surface area contributed by atoms with E-state index in [-0.39, 0.29) is 10.5 Å². The van der Waals surface area contributed by atoms with Crippen molar-refractivity contribution in [2.75, 3.05) is 6.54 Å². The third kappa shape index (κ3) is 2.67. The van der Waals surface area contributed by atoms with Crippen molar-refractivity contribution in [3.63, 3.8) is 0 Å². The summed E-state index contributed by atoms with van der Waals surface area (Å²) in [6, 6.07) is 6.48. The first-order valence-electron chi connectivity index (χ1n) is 5.41. The summed E-state index contributed by atoms with van der Waals surface area (Å²) >= 11 is 0. The van der Waals surface area contributed by atoms with Gasteiger partial charge in [-0.05, 0) is 31.0 Å². The maximum Gasteiger partial charge on any atom is 0.241 e. The van der Waals surface area contributed by atoms with E-state index in [0.29, 0.717) is 24.1 Å². The molecule has 0 saturated heterocycles. The van der Waals surface area contributed by atoms with E-state index in [1.165, 1.54) is 12.1 Å². The topological polar surface area (TPSA) is 93.8 Å². The van der Waals surface area contributed by atoms with Crippen LogP contribution in [0.1, 0.15) is 30.0 Å². The van der Waals surface area contributed by atoms with E-state index < -0.39 is 10.0 Å². The Hall–Kier alpha value is -1.89. The molecule has 0 unspecified atom stereocenters. The summed E-state index contributed by atoms with van der Waals surface area (Å²) < 4.78 is 26.4. The SMILES string of the molecule is CCCNS(=O)(=O)c1ccc(C#N)c(C)c1C#N. The van der Waals surface area contributed by atoms with Gasteiger partial charge in [0.2, 0.25) is 10.0 Å². The minimum Gasteiger partial charge on any atom is -0.211 e. The summed E-state index contributed by atoms with van der Waals surface area (Å²) in [5.41, 5.74) is 0.720. The van der Waals surface area contributed by atoms with Crippen LogP contribution in [-0.2, 0) is 10.0 Å². The number of hydrogen-bond donors (Lipinski definition) is 1. The molecule has 0 aliphatic heterocycles. The standard InChI is InChI=1S/C12H13N3O2S/c1-3-6-15-18(16,17)12-5-4-10(7-13)9(2)11(12)8-14/h4-5,15H,3,6H2,1-2H3. The zero-order valence-electron chi connectivity index (χ0n) is 10.2. The normalized spacial score (nSPS) is 10.7. The zero-order chi connectivity index (χ0) is 13.8. The fraction of sp³-hybridized carbons (Fsp3) is 0.333. The van der Waals surface area contributed by atoms with Gasteiger partial charge in [-0.2, -0.15) is 10.5 Å². The molecule has 0 bridgehead atoms. The van der Waals surface area contributed by atoms with Gasteiger partial charge < -0.3 is 0 Å². The largest absolute Gasteiger partial charge is 0.241 e. The lowest BCUT2D eigenvalue weighted by molar-refractivity contribution is 0.580. The van der Waals surface area contributed by atoms with Crippen LogP contribution >= 0.6 is 0 Å². The van der Waals surface area contributed by atoms with Gasteiger partial charge >= 0.3 is 0 Å². The van der Waals surface area contributed by atoms with Crippen LogP contribution in [0.3, 0.4) is 0 Å². The van der Waals surface area contributed by atoms with Crippen molar-refractivity contribution in [1.82, 2.24) is 4.72 Å². The highest BCUT2D eigenvalue weighted by atomic mass is 32.2. The fourth-order valence-corrected chi connectivity index (χ4v) is 2.83. The first-order valence-corrected chi connectivity index (χ1v) is 6.89. The molecule has 18 heavy (non-hydrogen) atoms. The van der Waals surface area contributed by atoms with Crippen LogP contribution in [0.4, 0.5) is 0 Å². The highest BCUT2D eigenvalue weighted by Crippen LogP contribution is 2.21. The molecule has 0 amide bonds. The smallest absolute Gasteiger partial charge is 0.211 e. The van der Waals surface area contributed by atoms with Gasteiger partial charge in [0.15, 0.2) is 0 Å². The molecule has 0 heterocycles. The van der Waals surface area contributed by atoms with E-state index in [1.54, 1.807) is 6.92 Å². The van der Waals surface area contributed by atoms with Crippen LogP contribution in [0.15, 0.2) is 17.0 Å². The van der Waals surface area contributed by atoms with Gasteiger partial charge in [-0.15, -0.1) is 0 Å². The highest BCUT2D eigenvalue weighted by Gasteiger charge is 2.20. The van der Waals surface area contributed by atoms with Crippen LogP contribution in [-0.4, -0.2) is 15.0 Å². The van der Waals surface area contributed by atoms with Gasteiger partial charge in [-0.1, -0.05) is 6.92 Å². The van der Waals surface area contributed by atoms with Crippen molar-refractivity contribution in [2.45, 2.75) is 25.2 Å². The van der Waals surface area contributed by atoms with Gasteiger partial charge in [-0.3, -0.25) is 0 Å². The Morgan fingerprint density at radius 3 is 2.44 bits per heavy atom. The van der Waals surface area contributed by atoms with Crippen molar-refractivity contribution in [2.24, 2.45) is 0 Å². The zero-order valence-corrected chi connectivity index (χ0v) is 11.0. The first kappa shape index (κ1) is 14.2. The average molecular weight is 263 g/mol. The predicted octanol–water partition coefficient (Wildman–Crippen LogP) is 1.43. The number of hydrogen-bond acceptors (Lipinski definition) is 4. The maximum absolute atomic E-state index is 12.0. The molecule has 0 aromatic heterocycles. The minimum absolute atomic E-state index is 0.0256. The van der Waals surface area contributed by atoms with Gasteiger partial charge in [0.05, 0.1) is 17.2 Å². The molecule has 1 aromatic carbocycles. The molecule has 5 nitrogen and oxygen atoms in total. The van der Waals surface area contributed by atoms with Gasteiger partial charge in [0.1, 0.15) is 11.0 Å². The van der Waals surface area contributed by atoms with Gasteiger partial charge in [0, 0.05) is 6.54 Å². The Labute approximate surface area is 107 Å². The lowest BCUT2D eigenvalue weighted by atomic mass is 10.0. The third-order valence-corrected chi connectivity index (χ3v) is 3.99. The van der Waals surface area contributed by atoms with Crippen molar-refractivity contribution in [3.8, 4) is 12.1 Å². The minimum atomic E-state index is -3.69. The monoisotopic (exact) mass is 263 g/mol. The van der Waals surface area contributed by atoms with E-state index in [4.69, 9.17) is 10.5 Å². The second-order valence-corrected chi connectivity index (χ2v) is 5.47. The summed E-state index contributed by atoms with van der Waals surface area (Å²) in [6.07, 6.45) is 0.663. The molecule has 0 fully saturated rings. The second kappa shape index (κ2) is 5.63.